The van der Waals surface area contributed by atoms with Crippen molar-refractivity contribution in [3.63, 3.8) is 0 Å². The van der Waals surface area contributed by atoms with E-state index in [9.17, 15) is 5.11 Å². The minimum absolute atomic E-state index is 0.225. The molecule has 0 spiro atoms. The lowest BCUT2D eigenvalue weighted by Crippen LogP contribution is -2.11. The van der Waals surface area contributed by atoms with Crippen LogP contribution in [0, 0.1) is 5.92 Å². The van der Waals surface area contributed by atoms with Crippen LogP contribution in [0.5, 0.6) is 0 Å². The topological polar surface area (TPSA) is 38.0 Å². The fraction of sp³-hybridized carbons (Fsp3) is 0.727. The van der Waals surface area contributed by atoms with E-state index in [2.05, 4.69) is 18.9 Å². The lowest BCUT2D eigenvalue weighted by atomic mass is 10.1. The van der Waals surface area contributed by atoms with Gasteiger partial charge in [-0.2, -0.15) is 5.10 Å². The van der Waals surface area contributed by atoms with Crippen molar-refractivity contribution in [1.29, 1.82) is 0 Å². The molecule has 1 aromatic heterocycles. The van der Waals surface area contributed by atoms with Gasteiger partial charge in [0.25, 0.3) is 0 Å². The van der Waals surface area contributed by atoms with E-state index in [1.54, 1.807) is 0 Å². The van der Waals surface area contributed by atoms with Gasteiger partial charge in [-0.25, -0.2) is 0 Å². The second kappa shape index (κ2) is 5.15. The van der Waals surface area contributed by atoms with Crippen molar-refractivity contribution in [2.24, 2.45) is 5.92 Å². The number of hydrogen-bond donors (Lipinski definition) is 1. The molecule has 0 aromatic carbocycles. The van der Waals surface area contributed by atoms with Crippen LogP contribution in [-0.2, 0) is 13.0 Å². The van der Waals surface area contributed by atoms with Gasteiger partial charge < -0.3 is 5.11 Å². The van der Waals surface area contributed by atoms with Crippen molar-refractivity contribution >= 4 is 0 Å². The molecule has 1 atom stereocenters. The van der Waals surface area contributed by atoms with Crippen LogP contribution < -0.4 is 0 Å². The van der Waals surface area contributed by atoms with Gasteiger partial charge in [-0.05, 0) is 31.7 Å². The van der Waals surface area contributed by atoms with Gasteiger partial charge in [-0.15, -0.1) is 0 Å². The van der Waals surface area contributed by atoms with E-state index < -0.39 is 0 Å². The molecule has 1 N–H and O–H groups in total. The largest absolute Gasteiger partial charge is 0.393 e. The number of rotatable bonds is 5. The zero-order chi connectivity index (χ0) is 10.6. The fourth-order valence-electron chi connectivity index (χ4n) is 1.44. The van der Waals surface area contributed by atoms with Gasteiger partial charge in [0.2, 0.25) is 0 Å². The fourth-order valence-corrected chi connectivity index (χ4v) is 1.44. The summed E-state index contributed by atoms with van der Waals surface area (Å²) in [5, 5.41) is 13.5. The molecule has 0 aliphatic heterocycles. The molecular weight excluding hydrogens is 176 g/mol. The number of aromatic nitrogens is 2. The van der Waals surface area contributed by atoms with Crippen LogP contribution in [0.3, 0.4) is 0 Å². The maximum absolute atomic E-state index is 9.19. The van der Waals surface area contributed by atoms with Gasteiger partial charge in [0.05, 0.1) is 6.10 Å². The van der Waals surface area contributed by atoms with Crippen molar-refractivity contribution in [2.45, 2.75) is 46.3 Å². The molecule has 1 aromatic rings. The molecule has 0 unspecified atom stereocenters. The highest BCUT2D eigenvalue weighted by atomic mass is 16.3. The zero-order valence-electron chi connectivity index (χ0n) is 9.27. The Morgan fingerprint density at radius 2 is 2.14 bits per heavy atom. The highest BCUT2D eigenvalue weighted by Crippen LogP contribution is 2.07. The second-order valence-electron chi connectivity index (χ2n) is 4.29. The molecule has 0 saturated carbocycles. The van der Waals surface area contributed by atoms with Crippen LogP contribution in [-0.4, -0.2) is 21.0 Å². The van der Waals surface area contributed by atoms with E-state index >= 15 is 0 Å². The van der Waals surface area contributed by atoms with Crippen molar-refractivity contribution in [3.8, 4) is 0 Å². The van der Waals surface area contributed by atoms with Crippen LogP contribution in [0.25, 0.3) is 0 Å². The average Bonchev–Trinajstić information content (AvgIpc) is 2.47. The highest BCUT2D eigenvalue weighted by Gasteiger charge is 2.05. The molecule has 1 rings (SSSR count). The van der Waals surface area contributed by atoms with E-state index in [0.29, 0.717) is 5.92 Å². The van der Waals surface area contributed by atoms with E-state index in [4.69, 9.17) is 0 Å². The lowest BCUT2D eigenvalue weighted by molar-refractivity contribution is 0.184. The van der Waals surface area contributed by atoms with Gasteiger partial charge in [0, 0.05) is 18.4 Å². The van der Waals surface area contributed by atoms with Gasteiger partial charge in [0.1, 0.15) is 0 Å². The van der Waals surface area contributed by atoms with Crippen molar-refractivity contribution in [3.05, 3.63) is 18.0 Å². The maximum Gasteiger partial charge on any atom is 0.0515 e. The molecule has 0 bridgehead atoms. The normalized spacial score (nSPS) is 13.5. The molecule has 3 nitrogen and oxygen atoms in total. The quantitative estimate of drug-likeness (QED) is 0.780. The number of hydrogen-bond acceptors (Lipinski definition) is 2. The van der Waals surface area contributed by atoms with Gasteiger partial charge in [-0.3, -0.25) is 4.68 Å². The van der Waals surface area contributed by atoms with E-state index in [-0.39, 0.29) is 6.10 Å². The first-order valence-electron chi connectivity index (χ1n) is 5.28. The predicted molar refractivity (Wildman–Crippen MR) is 57.1 cm³/mol. The van der Waals surface area contributed by atoms with E-state index in [0.717, 1.165) is 19.4 Å². The third-order valence-electron chi connectivity index (χ3n) is 2.16. The molecule has 14 heavy (non-hydrogen) atoms. The Morgan fingerprint density at radius 1 is 1.43 bits per heavy atom. The molecule has 80 valence electrons. The Labute approximate surface area is 85.8 Å². The summed E-state index contributed by atoms with van der Waals surface area (Å²) in [4.78, 5) is 0. The molecule has 0 amide bonds. The Kier molecular flexibility index (Phi) is 4.14. The smallest absolute Gasteiger partial charge is 0.0515 e. The summed E-state index contributed by atoms with van der Waals surface area (Å²) >= 11 is 0. The van der Waals surface area contributed by atoms with Crippen LogP contribution in [0.1, 0.15) is 32.9 Å². The number of nitrogens with zero attached hydrogens (tertiary/aromatic N) is 2. The molecule has 0 aliphatic rings. The maximum atomic E-state index is 9.19. The summed E-state index contributed by atoms with van der Waals surface area (Å²) in [6, 6.07) is 2.03. The summed E-state index contributed by atoms with van der Waals surface area (Å²) in [7, 11) is 0. The molecular formula is C11H20N2O. The Morgan fingerprint density at radius 3 is 2.71 bits per heavy atom. The van der Waals surface area contributed by atoms with Crippen LogP contribution in [0.2, 0.25) is 0 Å². The second-order valence-corrected chi connectivity index (χ2v) is 4.29. The Bertz CT molecular complexity index is 266. The van der Waals surface area contributed by atoms with Crippen LogP contribution in [0.15, 0.2) is 12.3 Å². The molecule has 0 aliphatic carbocycles. The highest BCUT2D eigenvalue weighted by molar-refractivity contribution is 5.00. The van der Waals surface area contributed by atoms with Crippen molar-refractivity contribution < 1.29 is 5.11 Å². The van der Waals surface area contributed by atoms with Gasteiger partial charge in [-0.1, -0.05) is 13.8 Å². The summed E-state index contributed by atoms with van der Waals surface area (Å²) in [5.41, 5.74) is 1.22. The standard InChI is InChI=1S/C11H20N2O/c1-9(2)8-13-11(6-7-12-13)5-4-10(3)14/h6-7,9-10,14H,4-5,8H2,1-3H3/t10-/m0/s1. The third kappa shape index (κ3) is 3.50. The predicted octanol–water partition coefficient (Wildman–Crippen LogP) is 1.85. The monoisotopic (exact) mass is 196 g/mol. The Hall–Kier alpha value is -0.830. The minimum atomic E-state index is -0.225. The molecule has 3 heteroatoms. The van der Waals surface area contributed by atoms with E-state index in [1.165, 1.54) is 5.69 Å². The van der Waals surface area contributed by atoms with Crippen molar-refractivity contribution in [2.75, 3.05) is 0 Å². The van der Waals surface area contributed by atoms with E-state index in [1.807, 2.05) is 23.9 Å². The molecule has 0 radical (unpaired) electrons. The average molecular weight is 196 g/mol. The van der Waals surface area contributed by atoms with Gasteiger partial charge in [0.15, 0.2) is 0 Å². The third-order valence-corrected chi connectivity index (χ3v) is 2.16. The first-order valence-corrected chi connectivity index (χ1v) is 5.28. The van der Waals surface area contributed by atoms with Crippen LogP contribution >= 0.6 is 0 Å². The number of aliphatic hydroxyl groups excluding tert-OH is 1. The summed E-state index contributed by atoms with van der Waals surface area (Å²) in [5.74, 6) is 0.611. The zero-order valence-corrected chi connectivity index (χ0v) is 9.27. The SMILES string of the molecule is CC(C)Cn1nccc1CC[C@H](C)O. The number of aliphatic hydroxyl groups is 1. The summed E-state index contributed by atoms with van der Waals surface area (Å²) < 4.78 is 2.03. The van der Waals surface area contributed by atoms with Crippen molar-refractivity contribution in [1.82, 2.24) is 9.78 Å². The molecule has 0 saturated heterocycles. The molecule has 1 heterocycles. The lowest BCUT2D eigenvalue weighted by Gasteiger charge is -2.10. The molecule has 0 fully saturated rings. The first kappa shape index (κ1) is 11.2. The van der Waals surface area contributed by atoms with Crippen LogP contribution in [0.4, 0.5) is 0 Å². The Balaban J connectivity index is 2.53. The minimum Gasteiger partial charge on any atom is -0.393 e. The summed E-state index contributed by atoms with van der Waals surface area (Å²) in [6.07, 6.45) is 3.32. The van der Waals surface area contributed by atoms with Gasteiger partial charge >= 0.3 is 0 Å². The number of aryl methyl sites for hydroxylation is 1. The first-order chi connectivity index (χ1) is 6.59. The summed E-state index contributed by atoms with van der Waals surface area (Å²) in [6.45, 7) is 7.14.